The normalized spacial score (nSPS) is 11.3. The van der Waals surface area contributed by atoms with Crippen molar-refractivity contribution in [2.75, 3.05) is 17.7 Å². The van der Waals surface area contributed by atoms with Crippen LogP contribution in [0.5, 0.6) is 0 Å². The van der Waals surface area contributed by atoms with Gasteiger partial charge < -0.3 is 10.6 Å². The molecule has 0 saturated heterocycles. The van der Waals surface area contributed by atoms with Crippen molar-refractivity contribution < 1.29 is 8.78 Å². The molecule has 2 aromatic rings. The van der Waals surface area contributed by atoms with E-state index in [2.05, 4.69) is 20.6 Å². The second-order valence-electron chi connectivity index (χ2n) is 5.75. The van der Waals surface area contributed by atoms with Crippen LogP contribution in [-0.4, -0.2) is 17.0 Å². The minimum Gasteiger partial charge on any atom is -0.373 e. The molecule has 21 heavy (non-hydrogen) atoms. The molecule has 112 valence electrons. The lowest BCUT2D eigenvalue weighted by molar-refractivity contribution is 0.547. The van der Waals surface area contributed by atoms with E-state index in [9.17, 15) is 8.78 Å². The lowest BCUT2D eigenvalue weighted by Gasteiger charge is -2.19. The number of anilines is 3. The molecule has 2 N–H and O–H groups in total. The molecule has 0 amide bonds. The minimum absolute atomic E-state index is 0.240. The smallest absolute Gasteiger partial charge is 0.138 e. The van der Waals surface area contributed by atoms with Crippen molar-refractivity contribution in [3.8, 4) is 0 Å². The summed E-state index contributed by atoms with van der Waals surface area (Å²) in [5, 5.41) is 5.85. The molecule has 0 fully saturated rings. The van der Waals surface area contributed by atoms with Gasteiger partial charge in [-0.15, -0.1) is 0 Å². The average molecular weight is 292 g/mol. The molecular weight excluding hydrogens is 274 g/mol. The Morgan fingerprint density at radius 2 is 1.48 bits per heavy atom. The third-order valence-corrected chi connectivity index (χ3v) is 2.79. The summed E-state index contributed by atoms with van der Waals surface area (Å²) in [5.74, 6) is 0.459. The molecule has 1 aromatic heterocycles. The second kappa shape index (κ2) is 5.63. The van der Waals surface area contributed by atoms with Crippen LogP contribution in [0.3, 0.4) is 0 Å². The zero-order valence-electron chi connectivity index (χ0n) is 12.5. The van der Waals surface area contributed by atoms with Gasteiger partial charge in [-0.3, -0.25) is 0 Å². The Hall–Kier alpha value is -2.24. The minimum atomic E-state index is -0.642. The molecule has 2 rings (SSSR count). The van der Waals surface area contributed by atoms with E-state index in [-0.39, 0.29) is 5.41 Å². The fraction of sp³-hybridized carbons (Fsp3) is 0.333. The van der Waals surface area contributed by atoms with Gasteiger partial charge in [-0.2, -0.15) is 0 Å². The van der Waals surface area contributed by atoms with Crippen molar-refractivity contribution in [1.29, 1.82) is 0 Å². The van der Waals surface area contributed by atoms with E-state index in [4.69, 9.17) is 0 Å². The van der Waals surface area contributed by atoms with Gasteiger partial charge in [0, 0.05) is 30.3 Å². The van der Waals surface area contributed by atoms with Crippen molar-refractivity contribution >= 4 is 17.3 Å². The predicted octanol–water partition coefficient (Wildman–Crippen LogP) is 3.84. The summed E-state index contributed by atoms with van der Waals surface area (Å²) < 4.78 is 26.4. The second-order valence-corrected chi connectivity index (χ2v) is 5.75. The van der Waals surface area contributed by atoms with Gasteiger partial charge in [-0.05, 0) is 12.1 Å². The van der Waals surface area contributed by atoms with Crippen LogP contribution in [-0.2, 0) is 5.41 Å². The van der Waals surface area contributed by atoms with Gasteiger partial charge in [-0.25, -0.2) is 18.7 Å². The number of nitrogens with one attached hydrogen (secondary N) is 2. The van der Waals surface area contributed by atoms with Crippen LogP contribution in [0.2, 0.25) is 0 Å². The summed E-state index contributed by atoms with van der Waals surface area (Å²) in [6.07, 6.45) is 0. The Labute approximate surface area is 122 Å². The highest BCUT2D eigenvalue weighted by molar-refractivity contribution is 5.59. The quantitative estimate of drug-likeness (QED) is 0.902. The zero-order valence-corrected chi connectivity index (χ0v) is 12.5. The van der Waals surface area contributed by atoms with Gasteiger partial charge in [0.25, 0.3) is 0 Å². The molecule has 6 heteroatoms. The summed E-state index contributed by atoms with van der Waals surface area (Å²) in [6.45, 7) is 5.98. The van der Waals surface area contributed by atoms with E-state index >= 15 is 0 Å². The maximum atomic E-state index is 13.2. The first-order chi connectivity index (χ1) is 9.77. The first-order valence-corrected chi connectivity index (χ1v) is 6.58. The van der Waals surface area contributed by atoms with Gasteiger partial charge in [0.2, 0.25) is 0 Å². The molecule has 0 radical (unpaired) electrons. The zero-order chi connectivity index (χ0) is 15.6. The summed E-state index contributed by atoms with van der Waals surface area (Å²) in [7, 11) is 1.75. The fourth-order valence-electron chi connectivity index (χ4n) is 1.75. The molecule has 4 nitrogen and oxygen atoms in total. The molecule has 0 aliphatic carbocycles. The summed E-state index contributed by atoms with van der Waals surface area (Å²) in [5.41, 5.74) is 0.0596. The Kier molecular flexibility index (Phi) is 4.06. The van der Waals surface area contributed by atoms with Gasteiger partial charge in [0.15, 0.2) is 0 Å². The van der Waals surface area contributed by atoms with Gasteiger partial charge in [-0.1, -0.05) is 20.8 Å². The molecule has 0 spiro atoms. The van der Waals surface area contributed by atoms with Gasteiger partial charge >= 0.3 is 0 Å². The average Bonchev–Trinajstić information content (AvgIpc) is 2.36. The maximum Gasteiger partial charge on any atom is 0.138 e. The molecule has 0 aliphatic heterocycles. The van der Waals surface area contributed by atoms with E-state index in [1.807, 2.05) is 20.8 Å². The molecular formula is C15H18F2N4. The monoisotopic (exact) mass is 292 g/mol. The molecule has 0 saturated carbocycles. The number of hydrogen-bond acceptors (Lipinski definition) is 4. The van der Waals surface area contributed by atoms with Crippen molar-refractivity contribution in [1.82, 2.24) is 9.97 Å². The Morgan fingerprint density at radius 3 is 2.00 bits per heavy atom. The molecule has 0 atom stereocenters. The lowest BCUT2D eigenvalue weighted by atomic mass is 9.96. The Morgan fingerprint density at radius 1 is 0.905 bits per heavy atom. The molecule has 0 unspecified atom stereocenters. The van der Waals surface area contributed by atoms with Gasteiger partial charge in [0.1, 0.15) is 29.1 Å². The van der Waals surface area contributed by atoms with Crippen LogP contribution in [0.4, 0.5) is 26.1 Å². The van der Waals surface area contributed by atoms with E-state index in [1.54, 1.807) is 13.1 Å². The molecule has 0 bridgehead atoms. The van der Waals surface area contributed by atoms with E-state index in [0.717, 1.165) is 6.07 Å². The standard InChI is InChI=1S/C15H18F2N4/c1-15(2,3)14-20-12(18-4)8-13(21-14)19-11-6-9(16)5-10(17)7-11/h5-8H,1-4H3,(H2,18,19,20,21). The largest absolute Gasteiger partial charge is 0.373 e. The van der Waals surface area contributed by atoms with Crippen LogP contribution in [0.1, 0.15) is 26.6 Å². The Bertz CT molecular complexity index is 630. The SMILES string of the molecule is CNc1cc(Nc2cc(F)cc(F)c2)nc(C(C)(C)C)n1. The topological polar surface area (TPSA) is 49.8 Å². The maximum absolute atomic E-state index is 13.2. The van der Waals surface area contributed by atoms with E-state index < -0.39 is 11.6 Å². The molecule has 1 aromatic carbocycles. The van der Waals surface area contributed by atoms with Crippen LogP contribution < -0.4 is 10.6 Å². The summed E-state index contributed by atoms with van der Waals surface area (Å²) in [6, 6.07) is 4.92. The highest BCUT2D eigenvalue weighted by atomic mass is 19.1. The van der Waals surface area contributed by atoms with E-state index in [1.165, 1.54) is 12.1 Å². The van der Waals surface area contributed by atoms with Crippen molar-refractivity contribution in [3.05, 3.63) is 41.7 Å². The van der Waals surface area contributed by atoms with Gasteiger partial charge in [0.05, 0.1) is 0 Å². The predicted molar refractivity (Wildman–Crippen MR) is 79.9 cm³/mol. The highest BCUT2D eigenvalue weighted by Gasteiger charge is 2.19. The number of hydrogen-bond donors (Lipinski definition) is 2. The summed E-state index contributed by atoms with van der Waals surface area (Å²) >= 11 is 0. The molecule has 1 heterocycles. The number of nitrogens with zero attached hydrogens (tertiary/aromatic N) is 2. The third kappa shape index (κ3) is 3.87. The summed E-state index contributed by atoms with van der Waals surface area (Å²) in [4.78, 5) is 8.79. The first-order valence-electron chi connectivity index (χ1n) is 6.58. The lowest BCUT2D eigenvalue weighted by Crippen LogP contribution is -2.17. The van der Waals surface area contributed by atoms with Crippen LogP contribution in [0.15, 0.2) is 24.3 Å². The number of rotatable bonds is 3. The fourth-order valence-corrected chi connectivity index (χ4v) is 1.75. The number of halogens is 2. The first kappa shape index (κ1) is 15.2. The third-order valence-electron chi connectivity index (χ3n) is 2.79. The molecule has 0 aliphatic rings. The van der Waals surface area contributed by atoms with Crippen molar-refractivity contribution in [3.63, 3.8) is 0 Å². The Balaban J connectivity index is 2.39. The van der Waals surface area contributed by atoms with Crippen LogP contribution >= 0.6 is 0 Å². The number of benzene rings is 1. The van der Waals surface area contributed by atoms with Crippen molar-refractivity contribution in [2.45, 2.75) is 26.2 Å². The van der Waals surface area contributed by atoms with Crippen LogP contribution in [0, 0.1) is 11.6 Å². The van der Waals surface area contributed by atoms with E-state index in [0.29, 0.717) is 23.1 Å². The van der Waals surface area contributed by atoms with Crippen molar-refractivity contribution in [2.24, 2.45) is 0 Å². The van der Waals surface area contributed by atoms with Crippen LogP contribution in [0.25, 0.3) is 0 Å². The highest BCUT2D eigenvalue weighted by Crippen LogP contribution is 2.24. The number of aromatic nitrogens is 2.